The Hall–Kier alpha value is -1.28. The smallest absolute Gasteiger partial charge is 0.338 e. The normalized spacial score (nSPS) is 13.9. The van der Waals surface area contributed by atoms with Crippen molar-refractivity contribution >= 4 is 23.1 Å². The van der Waals surface area contributed by atoms with Gasteiger partial charge in [0.1, 0.15) is 0 Å². The zero-order valence-electron chi connectivity index (χ0n) is 10.6. The lowest BCUT2D eigenvalue weighted by molar-refractivity contribution is -0.136. The molecule has 0 aromatic heterocycles. The standard InChI is InChI=1S/C15H17ClO2/c1-3-18-15(17)10(2)11-8-9-14(16)13-7-5-4-6-12(11)13/h8-9H,2-7H2,1H3. The number of halogens is 1. The van der Waals surface area contributed by atoms with Crippen LogP contribution < -0.4 is 0 Å². The van der Waals surface area contributed by atoms with Crippen LogP contribution in [-0.2, 0) is 22.4 Å². The number of rotatable bonds is 3. The average molecular weight is 265 g/mol. The van der Waals surface area contributed by atoms with Gasteiger partial charge >= 0.3 is 5.97 Å². The van der Waals surface area contributed by atoms with Crippen LogP contribution in [0.2, 0.25) is 5.02 Å². The second kappa shape index (κ2) is 5.57. The van der Waals surface area contributed by atoms with E-state index in [-0.39, 0.29) is 5.97 Å². The third-order valence-corrected chi connectivity index (χ3v) is 3.68. The van der Waals surface area contributed by atoms with E-state index in [2.05, 4.69) is 6.58 Å². The Bertz CT molecular complexity index is 492. The number of esters is 1. The minimum Gasteiger partial charge on any atom is -0.462 e. The first kappa shape index (κ1) is 13.2. The molecule has 3 heteroatoms. The number of fused-ring (bicyclic) bond motifs is 1. The molecule has 0 saturated heterocycles. The minimum atomic E-state index is -0.340. The molecular weight excluding hydrogens is 248 g/mol. The van der Waals surface area contributed by atoms with Crippen LogP contribution in [0.4, 0.5) is 0 Å². The molecule has 0 heterocycles. The molecular formula is C15H17ClO2. The van der Waals surface area contributed by atoms with Crippen LogP contribution >= 0.6 is 11.6 Å². The Kier molecular flexibility index (Phi) is 4.07. The summed E-state index contributed by atoms with van der Waals surface area (Å²) in [6.45, 7) is 6.03. The Morgan fingerprint density at radius 3 is 2.67 bits per heavy atom. The summed E-state index contributed by atoms with van der Waals surface area (Å²) in [5.41, 5.74) is 3.68. The molecule has 1 aromatic carbocycles. The van der Waals surface area contributed by atoms with Crippen LogP contribution in [0.1, 0.15) is 36.5 Å². The molecule has 0 amide bonds. The summed E-state index contributed by atoms with van der Waals surface area (Å²) >= 11 is 6.21. The molecule has 2 nitrogen and oxygen atoms in total. The lowest BCUT2D eigenvalue weighted by atomic mass is 9.86. The highest BCUT2D eigenvalue weighted by Crippen LogP contribution is 2.33. The SMILES string of the molecule is C=C(C(=O)OCC)c1ccc(Cl)c2c1CCCC2. The predicted octanol–water partition coefficient (Wildman–Crippen LogP) is 3.80. The summed E-state index contributed by atoms with van der Waals surface area (Å²) in [5, 5.41) is 0.796. The fraction of sp³-hybridized carbons (Fsp3) is 0.400. The van der Waals surface area contributed by atoms with Gasteiger partial charge in [-0.3, -0.25) is 0 Å². The second-order valence-corrected chi connectivity index (χ2v) is 4.87. The molecule has 0 saturated carbocycles. The number of hydrogen-bond donors (Lipinski definition) is 0. The zero-order valence-corrected chi connectivity index (χ0v) is 11.3. The fourth-order valence-corrected chi connectivity index (χ4v) is 2.71. The van der Waals surface area contributed by atoms with Crippen molar-refractivity contribution in [3.8, 4) is 0 Å². The molecule has 1 aromatic rings. The first-order chi connectivity index (χ1) is 8.65. The molecule has 0 fully saturated rings. The quantitative estimate of drug-likeness (QED) is 0.613. The van der Waals surface area contributed by atoms with Crippen LogP contribution in [-0.4, -0.2) is 12.6 Å². The first-order valence-electron chi connectivity index (χ1n) is 6.31. The van der Waals surface area contributed by atoms with Crippen LogP contribution in [0.25, 0.3) is 5.57 Å². The van der Waals surface area contributed by atoms with Gasteiger partial charge in [0.15, 0.2) is 0 Å². The van der Waals surface area contributed by atoms with Crippen molar-refractivity contribution in [2.24, 2.45) is 0 Å². The van der Waals surface area contributed by atoms with Gasteiger partial charge in [-0.05, 0) is 55.4 Å². The van der Waals surface area contributed by atoms with Crippen molar-refractivity contribution in [1.29, 1.82) is 0 Å². The van der Waals surface area contributed by atoms with Crippen molar-refractivity contribution in [2.75, 3.05) is 6.61 Å². The molecule has 0 N–H and O–H groups in total. The third-order valence-electron chi connectivity index (χ3n) is 3.32. The molecule has 0 spiro atoms. The van der Waals surface area contributed by atoms with E-state index in [4.69, 9.17) is 16.3 Å². The molecule has 0 unspecified atom stereocenters. The van der Waals surface area contributed by atoms with Gasteiger partial charge in [-0.15, -0.1) is 0 Å². The molecule has 18 heavy (non-hydrogen) atoms. The lowest BCUT2D eigenvalue weighted by Gasteiger charge is -2.21. The van der Waals surface area contributed by atoms with E-state index in [1.165, 1.54) is 11.1 Å². The monoisotopic (exact) mass is 264 g/mol. The summed E-state index contributed by atoms with van der Waals surface area (Å²) in [6, 6.07) is 3.73. The first-order valence-corrected chi connectivity index (χ1v) is 6.69. The van der Waals surface area contributed by atoms with Gasteiger partial charge in [-0.1, -0.05) is 24.2 Å². The van der Waals surface area contributed by atoms with Crippen molar-refractivity contribution in [3.05, 3.63) is 40.4 Å². The maximum absolute atomic E-state index is 11.8. The Labute approximate surface area is 113 Å². The number of ether oxygens (including phenoxy) is 1. The molecule has 1 aliphatic rings. The molecule has 96 valence electrons. The van der Waals surface area contributed by atoms with Crippen molar-refractivity contribution in [2.45, 2.75) is 32.6 Å². The highest BCUT2D eigenvalue weighted by Gasteiger charge is 2.20. The van der Waals surface area contributed by atoms with Crippen molar-refractivity contribution < 1.29 is 9.53 Å². The van der Waals surface area contributed by atoms with E-state index in [1.807, 2.05) is 12.1 Å². The minimum absolute atomic E-state index is 0.340. The topological polar surface area (TPSA) is 26.3 Å². The van der Waals surface area contributed by atoms with E-state index >= 15 is 0 Å². The van der Waals surface area contributed by atoms with Crippen molar-refractivity contribution in [1.82, 2.24) is 0 Å². The highest BCUT2D eigenvalue weighted by molar-refractivity contribution is 6.31. The lowest BCUT2D eigenvalue weighted by Crippen LogP contribution is -2.11. The Balaban J connectivity index is 2.39. The number of benzene rings is 1. The average Bonchev–Trinajstić information content (AvgIpc) is 2.39. The second-order valence-electron chi connectivity index (χ2n) is 4.46. The third kappa shape index (κ3) is 2.44. The van der Waals surface area contributed by atoms with Gasteiger partial charge in [-0.2, -0.15) is 0 Å². The summed E-state index contributed by atoms with van der Waals surface area (Å²) in [7, 11) is 0. The molecule has 1 aliphatic carbocycles. The van der Waals surface area contributed by atoms with Crippen LogP contribution in [0.3, 0.4) is 0 Å². The largest absolute Gasteiger partial charge is 0.462 e. The summed E-state index contributed by atoms with van der Waals surface area (Å²) in [5.74, 6) is -0.340. The summed E-state index contributed by atoms with van der Waals surface area (Å²) in [4.78, 5) is 11.8. The molecule has 0 atom stereocenters. The molecule has 0 aliphatic heterocycles. The van der Waals surface area contributed by atoms with Crippen LogP contribution in [0.5, 0.6) is 0 Å². The van der Waals surface area contributed by atoms with Crippen LogP contribution in [0.15, 0.2) is 18.7 Å². The number of hydrogen-bond acceptors (Lipinski definition) is 2. The maximum Gasteiger partial charge on any atom is 0.338 e. The van der Waals surface area contributed by atoms with Gasteiger partial charge in [-0.25, -0.2) is 4.79 Å². The maximum atomic E-state index is 11.8. The van der Waals surface area contributed by atoms with Gasteiger partial charge in [0.2, 0.25) is 0 Å². The summed E-state index contributed by atoms with van der Waals surface area (Å²) in [6.07, 6.45) is 4.24. The van der Waals surface area contributed by atoms with Crippen LogP contribution in [0, 0.1) is 0 Å². The van der Waals surface area contributed by atoms with E-state index in [9.17, 15) is 4.79 Å². The summed E-state index contributed by atoms with van der Waals surface area (Å²) < 4.78 is 5.01. The zero-order chi connectivity index (χ0) is 13.1. The number of carbonyl (C=O) groups excluding carboxylic acids is 1. The van der Waals surface area contributed by atoms with Gasteiger partial charge in [0.05, 0.1) is 12.2 Å². The predicted molar refractivity (Wildman–Crippen MR) is 73.8 cm³/mol. The van der Waals surface area contributed by atoms with E-state index in [1.54, 1.807) is 6.92 Å². The molecule has 2 rings (SSSR count). The molecule has 0 bridgehead atoms. The van der Waals surface area contributed by atoms with E-state index < -0.39 is 0 Å². The van der Waals surface area contributed by atoms with Gasteiger partial charge in [0, 0.05) is 5.02 Å². The Morgan fingerprint density at radius 1 is 1.33 bits per heavy atom. The van der Waals surface area contributed by atoms with E-state index in [0.29, 0.717) is 12.2 Å². The Morgan fingerprint density at radius 2 is 2.00 bits per heavy atom. The fourth-order valence-electron chi connectivity index (χ4n) is 2.43. The highest BCUT2D eigenvalue weighted by atomic mass is 35.5. The number of carbonyl (C=O) groups is 1. The van der Waals surface area contributed by atoms with Gasteiger partial charge in [0.25, 0.3) is 0 Å². The van der Waals surface area contributed by atoms with Crippen molar-refractivity contribution in [3.63, 3.8) is 0 Å². The van der Waals surface area contributed by atoms with Gasteiger partial charge < -0.3 is 4.74 Å². The molecule has 0 radical (unpaired) electrons. The van der Waals surface area contributed by atoms with E-state index in [0.717, 1.165) is 36.3 Å².